The van der Waals surface area contributed by atoms with Gasteiger partial charge in [-0.15, -0.1) is 0 Å². The Morgan fingerprint density at radius 2 is 1.76 bits per heavy atom. The van der Waals surface area contributed by atoms with Gasteiger partial charge in [0.25, 0.3) is 0 Å². The number of alkyl halides is 1. The maximum atomic E-state index is 15.3. The number of hydrogen-bond acceptors (Lipinski definition) is 6. The van der Waals surface area contributed by atoms with Crippen LogP contribution in [0.1, 0.15) is 26.3 Å². The van der Waals surface area contributed by atoms with Crippen LogP contribution in [-0.4, -0.2) is 50.0 Å². The highest BCUT2D eigenvalue weighted by Crippen LogP contribution is 2.36. The predicted molar refractivity (Wildman–Crippen MR) is 127 cm³/mol. The summed E-state index contributed by atoms with van der Waals surface area (Å²) in [6.45, 7) is 5.37. The lowest BCUT2D eigenvalue weighted by Crippen LogP contribution is -2.45. The molecule has 2 atom stereocenters. The number of hydrogen-bond donors (Lipinski definition) is 1. The van der Waals surface area contributed by atoms with E-state index in [-0.39, 0.29) is 0 Å². The molecule has 8 heteroatoms. The Balaban J connectivity index is 1.49. The van der Waals surface area contributed by atoms with E-state index in [2.05, 4.69) is 28.7 Å². The molecule has 33 heavy (non-hydrogen) atoms. The Labute approximate surface area is 192 Å². The van der Waals surface area contributed by atoms with Gasteiger partial charge < -0.3 is 10.5 Å². The van der Waals surface area contributed by atoms with Crippen LogP contribution in [0.25, 0.3) is 22.3 Å². The van der Waals surface area contributed by atoms with Crippen LogP contribution in [0.4, 0.5) is 10.2 Å². The molecule has 2 N–H and O–H groups in total. The molecule has 0 aliphatic carbocycles. The molecule has 0 unspecified atom stereocenters. The molecule has 0 spiro atoms. The summed E-state index contributed by atoms with van der Waals surface area (Å²) in [6, 6.07) is 17.1. The number of rotatable bonds is 5. The number of piperidine rings is 1. The third-order valence-electron chi connectivity index (χ3n) is 6.21. The van der Waals surface area contributed by atoms with Crippen LogP contribution in [0.5, 0.6) is 11.5 Å². The smallest absolute Gasteiger partial charge is 0.164 e. The van der Waals surface area contributed by atoms with Gasteiger partial charge in [-0.1, -0.05) is 18.2 Å². The van der Waals surface area contributed by atoms with Gasteiger partial charge in [0.2, 0.25) is 0 Å². The zero-order chi connectivity index (χ0) is 22.9. The molecule has 1 fully saturated rings. The van der Waals surface area contributed by atoms with Crippen LogP contribution in [0, 0.1) is 0 Å². The number of benzene rings is 2. The van der Waals surface area contributed by atoms with Gasteiger partial charge in [0.15, 0.2) is 5.65 Å². The maximum Gasteiger partial charge on any atom is 0.164 e. The SMILES string of the molecule is CC(C)N1CC[C@H](n2nc(-c3ccc(Oc4ccccc4)cc3)c3c(N)ncnc32)[C@@H](F)C1. The molecule has 1 saturated heterocycles. The van der Waals surface area contributed by atoms with E-state index in [1.165, 1.54) is 6.33 Å². The topological polar surface area (TPSA) is 82.1 Å². The first-order chi connectivity index (χ1) is 16.0. The Morgan fingerprint density at radius 3 is 2.45 bits per heavy atom. The normalized spacial score (nSPS) is 19.3. The molecule has 0 radical (unpaired) electrons. The number of aromatic nitrogens is 4. The third kappa shape index (κ3) is 4.14. The second-order valence-corrected chi connectivity index (χ2v) is 8.65. The van der Waals surface area contributed by atoms with E-state index in [1.54, 1.807) is 4.68 Å². The average molecular weight is 447 g/mol. The van der Waals surface area contributed by atoms with Crippen LogP contribution >= 0.6 is 0 Å². The first kappa shape index (κ1) is 21.3. The molecule has 0 saturated carbocycles. The average Bonchev–Trinajstić information content (AvgIpc) is 3.21. The Kier molecular flexibility index (Phi) is 5.68. The molecule has 0 amide bonds. The number of nitrogen functional groups attached to an aromatic ring is 1. The highest BCUT2D eigenvalue weighted by molar-refractivity contribution is 5.98. The second kappa shape index (κ2) is 8.78. The van der Waals surface area contributed by atoms with Gasteiger partial charge in [-0.2, -0.15) is 5.10 Å². The third-order valence-corrected chi connectivity index (χ3v) is 6.21. The Hall–Kier alpha value is -3.52. The summed E-state index contributed by atoms with van der Waals surface area (Å²) in [6.07, 6.45) is 1.02. The summed E-state index contributed by atoms with van der Waals surface area (Å²) in [5.41, 5.74) is 8.29. The van der Waals surface area contributed by atoms with Crippen molar-refractivity contribution < 1.29 is 9.13 Å². The van der Waals surface area contributed by atoms with Crippen molar-refractivity contribution in [3.8, 4) is 22.8 Å². The lowest BCUT2D eigenvalue weighted by atomic mass is 10.0. The van der Waals surface area contributed by atoms with Crippen LogP contribution in [0.2, 0.25) is 0 Å². The fourth-order valence-electron chi connectivity index (χ4n) is 4.39. The van der Waals surface area contributed by atoms with Crippen molar-refractivity contribution >= 4 is 16.9 Å². The molecule has 2 aromatic carbocycles. The van der Waals surface area contributed by atoms with Gasteiger partial charge in [0.1, 0.15) is 35.5 Å². The van der Waals surface area contributed by atoms with E-state index >= 15 is 4.39 Å². The fourth-order valence-corrected chi connectivity index (χ4v) is 4.39. The molecule has 1 aliphatic heterocycles. The van der Waals surface area contributed by atoms with Crippen molar-refractivity contribution in [1.29, 1.82) is 0 Å². The quantitative estimate of drug-likeness (QED) is 0.471. The summed E-state index contributed by atoms with van der Waals surface area (Å²) in [5, 5.41) is 5.46. The monoisotopic (exact) mass is 446 g/mol. The van der Waals surface area contributed by atoms with Crippen molar-refractivity contribution in [3.05, 3.63) is 60.9 Å². The molecule has 1 aliphatic rings. The number of para-hydroxylation sites is 1. The number of ether oxygens (including phenoxy) is 1. The van der Waals surface area contributed by atoms with Crippen LogP contribution < -0.4 is 10.5 Å². The molecule has 170 valence electrons. The highest BCUT2D eigenvalue weighted by atomic mass is 19.1. The first-order valence-electron chi connectivity index (χ1n) is 11.2. The lowest BCUT2D eigenvalue weighted by molar-refractivity contribution is 0.0668. The molecule has 3 heterocycles. The molecule has 7 nitrogen and oxygen atoms in total. The summed E-state index contributed by atoms with van der Waals surface area (Å²) in [4.78, 5) is 10.8. The molecule has 4 aromatic rings. The molecule has 2 aromatic heterocycles. The fraction of sp³-hybridized carbons (Fsp3) is 0.320. The van der Waals surface area contributed by atoms with Crippen LogP contribution in [0.3, 0.4) is 0 Å². The number of likely N-dealkylation sites (tertiary alicyclic amines) is 1. The summed E-state index contributed by atoms with van der Waals surface area (Å²) in [7, 11) is 0. The standard InChI is InChI=1S/C25H27FN6O/c1-16(2)31-13-12-21(20(26)14-31)32-25-22(24(27)28-15-29-25)23(30-32)17-8-10-19(11-9-17)33-18-6-4-3-5-7-18/h3-11,15-16,20-21H,12-14H2,1-2H3,(H2,27,28,29)/t20-,21-/m0/s1. The summed E-state index contributed by atoms with van der Waals surface area (Å²) in [5.74, 6) is 1.81. The Bertz CT molecular complexity index is 1240. The van der Waals surface area contributed by atoms with Gasteiger partial charge in [-0.05, 0) is 56.7 Å². The van der Waals surface area contributed by atoms with Crippen molar-refractivity contribution in [2.75, 3.05) is 18.8 Å². The molecule has 0 bridgehead atoms. The van der Waals surface area contributed by atoms with Gasteiger partial charge in [-0.25, -0.2) is 19.0 Å². The summed E-state index contributed by atoms with van der Waals surface area (Å²) >= 11 is 0. The first-order valence-corrected chi connectivity index (χ1v) is 11.2. The summed E-state index contributed by atoms with van der Waals surface area (Å²) < 4.78 is 22.9. The van der Waals surface area contributed by atoms with Crippen molar-refractivity contribution in [3.63, 3.8) is 0 Å². The zero-order valence-electron chi connectivity index (χ0n) is 18.7. The van der Waals surface area contributed by atoms with E-state index in [1.807, 2.05) is 54.6 Å². The minimum Gasteiger partial charge on any atom is -0.457 e. The molecular weight excluding hydrogens is 419 g/mol. The van der Waals surface area contributed by atoms with E-state index < -0.39 is 12.2 Å². The zero-order valence-corrected chi connectivity index (χ0v) is 18.7. The number of nitrogens with two attached hydrogens (primary N) is 1. The van der Waals surface area contributed by atoms with E-state index in [4.69, 9.17) is 15.6 Å². The lowest BCUT2D eigenvalue weighted by Gasteiger charge is -2.37. The number of halogens is 1. The molecular formula is C25H27FN6O. The number of nitrogens with zero attached hydrogens (tertiary/aromatic N) is 5. The Morgan fingerprint density at radius 1 is 1.03 bits per heavy atom. The van der Waals surface area contributed by atoms with Gasteiger partial charge in [0.05, 0.1) is 11.4 Å². The maximum absolute atomic E-state index is 15.3. The number of anilines is 1. The van der Waals surface area contributed by atoms with Crippen LogP contribution in [-0.2, 0) is 0 Å². The second-order valence-electron chi connectivity index (χ2n) is 8.65. The van der Waals surface area contributed by atoms with Gasteiger partial charge in [-0.3, -0.25) is 4.90 Å². The van der Waals surface area contributed by atoms with Gasteiger partial charge >= 0.3 is 0 Å². The number of fused-ring (bicyclic) bond motifs is 1. The van der Waals surface area contributed by atoms with Crippen molar-refractivity contribution in [2.45, 2.75) is 38.5 Å². The van der Waals surface area contributed by atoms with Crippen LogP contribution in [0.15, 0.2) is 60.9 Å². The predicted octanol–water partition coefficient (Wildman–Crippen LogP) is 4.86. The molecule has 5 rings (SSSR count). The van der Waals surface area contributed by atoms with Crippen molar-refractivity contribution in [1.82, 2.24) is 24.6 Å². The van der Waals surface area contributed by atoms with Crippen molar-refractivity contribution in [2.24, 2.45) is 0 Å². The minimum absolute atomic E-state index is 0.309. The van der Waals surface area contributed by atoms with E-state index in [0.29, 0.717) is 47.3 Å². The minimum atomic E-state index is -1.05. The van der Waals surface area contributed by atoms with E-state index in [0.717, 1.165) is 17.9 Å². The van der Waals surface area contributed by atoms with E-state index in [9.17, 15) is 0 Å². The highest BCUT2D eigenvalue weighted by Gasteiger charge is 2.34. The van der Waals surface area contributed by atoms with Gasteiger partial charge in [0, 0.05) is 24.7 Å². The largest absolute Gasteiger partial charge is 0.457 e.